The molecular weight excluding hydrogens is 193 g/mol. The second-order valence-electron chi connectivity index (χ2n) is 3.57. The van der Waals surface area contributed by atoms with Gasteiger partial charge in [0.1, 0.15) is 5.82 Å². The Bertz CT molecular complexity index is 303. The number of aliphatic hydroxyl groups is 1. The molecular formula is C12H18FNO. The number of rotatable bonds is 5. The molecule has 2 atom stereocenters. The number of nitrogens with one attached hydrogen (secondary N) is 1. The molecule has 0 radical (unpaired) electrons. The van der Waals surface area contributed by atoms with Gasteiger partial charge in [-0.3, -0.25) is 0 Å². The Kier molecular flexibility index (Phi) is 4.72. The Balaban J connectivity index is 2.77. The lowest BCUT2D eigenvalue weighted by molar-refractivity contribution is 0.127. The second kappa shape index (κ2) is 5.83. The van der Waals surface area contributed by atoms with Gasteiger partial charge in [0.25, 0.3) is 0 Å². The van der Waals surface area contributed by atoms with Crippen LogP contribution in [0.1, 0.15) is 31.9 Å². The fourth-order valence-electron chi connectivity index (χ4n) is 1.66. The molecule has 0 saturated heterocycles. The van der Waals surface area contributed by atoms with Crippen molar-refractivity contribution in [2.24, 2.45) is 0 Å². The van der Waals surface area contributed by atoms with Gasteiger partial charge < -0.3 is 10.4 Å². The van der Waals surface area contributed by atoms with Gasteiger partial charge in [-0.2, -0.15) is 0 Å². The Morgan fingerprint density at radius 1 is 1.40 bits per heavy atom. The molecule has 1 aromatic carbocycles. The molecule has 0 saturated carbocycles. The first-order valence-electron chi connectivity index (χ1n) is 5.36. The molecule has 84 valence electrons. The van der Waals surface area contributed by atoms with Crippen molar-refractivity contribution in [1.82, 2.24) is 5.32 Å². The van der Waals surface area contributed by atoms with Crippen molar-refractivity contribution in [3.8, 4) is 0 Å². The largest absolute Gasteiger partial charge is 0.387 e. The van der Waals surface area contributed by atoms with Crippen molar-refractivity contribution in [3.05, 3.63) is 35.6 Å². The molecule has 2 nitrogen and oxygen atoms in total. The summed E-state index contributed by atoms with van der Waals surface area (Å²) in [5, 5.41) is 13.2. The van der Waals surface area contributed by atoms with E-state index in [0.717, 1.165) is 13.0 Å². The lowest BCUT2D eigenvalue weighted by Crippen LogP contribution is -2.34. The van der Waals surface area contributed by atoms with Gasteiger partial charge in [0.2, 0.25) is 0 Å². The molecule has 0 amide bonds. The van der Waals surface area contributed by atoms with Crippen LogP contribution < -0.4 is 5.32 Å². The van der Waals surface area contributed by atoms with Gasteiger partial charge in [-0.25, -0.2) is 4.39 Å². The summed E-state index contributed by atoms with van der Waals surface area (Å²) in [6.07, 6.45) is 0.163. The van der Waals surface area contributed by atoms with E-state index in [1.54, 1.807) is 12.1 Å². The molecule has 0 spiro atoms. The molecule has 0 aromatic heterocycles. The molecule has 0 heterocycles. The Labute approximate surface area is 90.1 Å². The zero-order valence-corrected chi connectivity index (χ0v) is 9.20. The average Bonchev–Trinajstić information content (AvgIpc) is 2.25. The van der Waals surface area contributed by atoms with Crippen molar-refractivity contribution in [2.45, 2.75) is 32.4 Å². The number of aliphatic hydroxyl groups excluding tert-OH is 1. The number of likely N-dealkylation sites (N-methyl/N-ethyl adjacent to an activating group) is 1. The van der Waals surface area contributed by atoms with E-state index in [-0.39, 0.29) is 11.9 Å². The lowest BCUT2D eigenvalue weighted by Gasteiger charge is -2.22. The number of halogens is 1. The number of hydrogen-bond acceptors (Lipinski definition) is 2. The van der Waals surface area contributed by atoms with Crippen molar-refractivity contribution in [2.75, 3.05) is 6.54 Å². The highest BCUT2D eigenvalue weighted by Crippen LogP contribution is 2.19. The fourth-order valence-corrected chi connectivity index (χ4v) is 1.66. The van der Waals surface area contributed by atoms with Crippen LogP contribution in [0.3, 0.4) is 0 Å². The zero-order chi connectivity index (χ0) is 11.3. The predicted octanol–water partition coefficient (Wildman–Crippen LogP) is 2.25. The molecule has 3 heteroatoms. The number of hydrogen-bond donors (Lipinski definition) is 2. The topological polar surface area (TPSA) is 32.3 Å². The first-order chi connectivity index (χ1) is 7.19. The summed E-state index contributed by atoms with van der Waals surface area (Å²) < 4.78 is 12.9. The first kappa shape index (κ1) is 12.1. The highest BCUT2D eigenvalue weighted by molar-refractivity contribution is 5.20. The van der Waals surface area contributed by atoms with E-state index >= 15 is 0 Å². The van der Waals surface area contributed by atoms with E-state index in [2.05, 4.69) is 5.32 Å². The minimum atomic E-state index is -0.648. The summed E-state index contributed by atoms with van der Waals surface area (Å²) in [6, 6.07) is 6.10. The van der Waals surface area contributed by atoms with Crippen LogP contribution in [0.25, 0.3) is 0 Å². The monoisotopic (exact) mass is 211 g/mol. The molecule has 0 aliphatic carbocycles. The summed E-state index contributed by atoms with van der Waals surface area (Å²) in [7, 11) is 0. The molecule has 1 rings (SSSR count). The maximum atomic E-state index is 12.9. The van der Waals surface area contributed by atoms with Gasteiger partial charge >= 0.3 is 0 Å². The molecule has 0 fully saturated rings. The van der Waals surface area contributed by atoms with E-state index in [4.69, 9.17) is 0 Å². The SMILES string of the molecule is CCNC(CC)C(O)c1cccc(F)c1. The van der Waals surface area contributed by atoms with Crippen molar-refractivity contribution in [1.29, 1.82) is 0 Å². The van der Waals surface area contributed by atoms with Crippen LogP contribution in [0, 0.1) is 5.82 Å². The Hall–Kier alpha value is -0.930. The first-order valence-corrected chi connectivity index (χ1v) is 5.36. The van der Waals surface area contributed by atoms with Crippen LogP contribution in [-0.2, 0) is 0 Å². The third kappa shape index (κ3) is 3.29. The van der Waals surface area contributed by atoms with Crippen LogP contribution in [0.5, 0.6) is 0 Å². The maximum Gasteiger partial charge on any atom is 0.123 e. The van der Waals surface area contributed by atoms with E-state index in [1.165, 1.54) is 12.1 Å². The maximum absolute atomic E-state index is 12.9. The van der Waals surface area contributed by atoms with Crippen LogP contribution in [0.15, 0.2) is 24.3 Å². The fraction of sp³-hybridized carbons (Fsp3) is 0.500. The van der Waals surface area contributed by atoms with Crippen molar-refractivity contribution >= 4 is 0 Å². The van der Waals surface area contributed by atoms with Crippen molar-refractivity contribution < 1.29 is 9.50 Å². The van der Waals surface area contributed by atoms with Crippen LogP contribution in [0.2, 0.25) is 0 Å². The van der Waals surface area contributed by atoms with Gasteiger partial charge in [-0.15, -0.1) is 0 Å². The van der Waals surface area contributed by atoms with Gasteiger partial charge in [0.15, 0.2) is 0 Å². The molecule has 2 unspecified atom stereocenters. The van der Waals surface area contributed by atoms with E-state index in [0.29, 0.717) is 5.56 Å². The summed E-state index contributed by atoms with van der Waals surface area (Å²) in [6.45, 7) is 4.78. The van der Waals surface area contributed by atoms with Crippen LogP contribution in [-0.4, -0.2) is 17.7 Å². The summed E-state index contributed by atoms with van der Waals surface area (Å²) in [5.41, 5.74) is 0.628. The molecule has 2 N–H and O–H groups in total. The Morgan fingerprint density at radius 2 is 2.13 bits per heavy atom. The standard InChI is InChI=1S/C12H18FNO/c1-3-11(14-4-2)12(15)9-6-5-7-10(13)8-9/h5-8,11-12,14-15H,3-4H2,1-2H3. The quantitative estimate of drug-likeness (QED) is 0.783. The van der Waals surface area contributed by atoms with E-state index in [1.807, 2.05) is 13.8 Å². The molecule has 1 aromatic rings. The number of benzene rings is 1. The third-order valence-electron chi connectivity index (χ3n) is 2.48. The summed E-state index contributed by atoms with van der Waals surface area (Å²) in [5.74, 6) is -0.307. The van der Waals surface area contributed by atoms with Gasteiger partial charge in [0.05, 0.1) is 6.10 Å². The smallest absolute Gasteiger partial charge is 0.123 e. The third-order valence-corrected chi connectivity index (χ3v) is 2.48. The van der Waals surface area contributed by atoms with Crippen molar-refractivity contribution in [3.63, 3.8) is 0 Å². The van der Waals surface area contributed by atoms with E-state index < -0.39 is 6.10 Å². The van der Waals surface area contributed by atoms with Crippen LogP contribution >= 0.6 is 0 Å². The van der Waals surface area contributed by atoms with Gasteiger partial charge in [0, 0.05) is 6.04 Å². The normalized spacial score (nSPS) is 14.9. The molecule has 0 aliphatic heterocycles. The molecule has 0 bridgehead atoms. The minimum absolute atomic E-state index is 0.0169. The zero-order valence-electron chi connectivity index (χ0n) is 9.20. The Morgan fingerprint density at radius 3 is 2.67 bits per heavy atom. The minimum Gasteiger partial charge on any atom is -0.387 e. The predicted molar refractivity (Wildman–Crippen MR) is 59.1 cm³/mol. The highest BCUT2D eigenvalue weighted by Gasteiger charge is 2.18. The lowest BCUT2D eigenvalue weighted by atomic mass is 10.0. The van der Waals surface area contributed by atoms with Crippen LogP contribution in [0.4, 0.5) is 4.39 Å². The second-order valence-corrected chi connectivity index (χ2v) is 3.57. The molecule has 0 aliphatic rings. The average molecular weight is 211 g/mol. The molecule has 15 heavy (non-hydrogen) atoms. The highest BCUT2D eigenvalue weighted by atomic mass is 19.1. The van der Waals surface area contributed by atoms with E-state index in [9.17, 15) is 9.50 Å². The summed E-state index contributed by atoms with van der Waals surface area (Å²) in [4.78, 5) is 0. The van der Waals surface area contributed by atoms with Gasteiger partial charge in [-0.05, 0) is 30.7 Å². The van der Waals surface area contributed by atoms with Gasteiger partial charge in [-0.1, -0.05) is 26.0 Å². The summed E-state index contributed by atoms with van der Waals surface area (Å²) >= 11 is 0.